The molecular formula is C13H19NO3. The number of aldehydes is 1. The summed E-state index contributed by atoms with van der Waals surface area (Å²) in [5, 5.41) is 2.94. The van der Waals surface area contributed by atoms with Crippen LogP contribution in [0.4, 0.5) is 0 Å². The first kappa shape index (κ1) is 13.5. The van der Waals surface area contributed by atoms with Crippen molar-refractivity contribution >= 4 is 6.29 Å². The Bertz CT molecular complexity index is 416. The SMILES string of the molecule is CNC(C=O)c1cc(OC)c(C)c(C)c1OC. The molecule has 0 saturated carbocycles. The van der Waals surface area contributed by atoms with Crippen molar-refractivity contribution in [1.82, 2.24) is 5.32 Å². The summed E-state index contributed by atoms with van der Waals surface area (Å²) in [4.78, 5) is 11.0. The highest BCUT2D eigenvalue weighted by molar-refractivity contribution is 5.66. The van der Waals surface area contributed by atoms with Gasteiger partial charge in [-0.05, 0) is 38.1 Å². The quantitative estimate of drug-likeness (QED) is 0.793. The monoisotopic (exact) mass is 237 g/mol. The molecule has 17 heavy (non-hydrogen) atoms. The third-order valence-corrected chi connectivity index (χ3v) is 3.03. The maximum atomic E-state index is 11.0. The Balaban J connectivity index is 3.46. The van der Waals surface area contributed by atoms with E-state index in [1.165, 1.54) is 0 Å². The fourth-order valence-corrected chi connectivity index (χ4v) is 1.90. The minimum Gasteiger partial charge on any atom is -0.496 e. The average molecular weight is 237 g/mol. The predicted octanol–water partition coefficient (Wildman–Crippen LogP) is 1.78. The van der Waals surface area contributed by atoms with Gasteiger partial charge in [0.25, 0.3) is 0 Å². The third kappa shape index (κ3) is 2.42. The molecule has 0 fully saturated rings. The lowest BCUT2D eigenvalue weighted by Crippen LogP contribution is -2.19. The van der Waals surface area contributed by atoms with Crippen LogP contribution in [0.2, 0.25) is 0 Å². The van der Waals surface area contributed by atoms with Crippen LogP contribution < -0.4 is 14.8 Å². The highest BCUT2D eigenvalue weighted by Gasteiger charge is 2.19. The van der Waals surface area contributed by atoms with Gasteiger partial charge in [0.15, 0.2) is 0 Å². The molecule has 1 N–H and O–H groups in total. The zero-order valence-corrected chi connectivity index (χ0v) is 11.0. The molecule has 0 aliphatic heterocycles. The van der Waals surface area contributed by atoms with Crippen molar-refractivity contribution in [3.05, 3.63) is 22.8 Å². The highest BCUT2D eigenvalue weighted by Crippen LogP contribution is 2.35. The number of likely N-dealkylation sites (N-methyl/N-ethyl adjacent to an activating group) is 1. The first-order chi connectivity index (χ1) is 8.10. The lowest BCUT2D eigenvalue weighted by molar-refractivity contribution is -0.109. The third-order valence-electron chi connectivity index (χ3n) is 3.03. The number of benzene rings is 1. The summed E-state index contributed by atoms with van der Waals surface area (Å²) in [6, 6.07) is 1.45. The predicted molar refractivity (Wildman–Crippen MR) is 66.9 cm³/mol. The summed E-state index contributed by atoms with van der Waals surface area (Å²) in [6.07, 6.45) is 0.853. The van der Waals surface area contributed by atoms with Crippen molar-refractivity contribution in [2.45, 2.75) is 19.9 Å². The van der Waals surface area contributed by atoms with Crippen LogP contribution >= 0.6 is 0 Å². The zero-order chi connectivity index (χ0) is 13.0. The van der Waals surface area contributed by atoms with Gasteiger partial charge >= 0.3 is 0 Å². The maximum absolute atomic E-state index is 11.0. The summed E-state index contributed by atoms with van der Waals surface area (Å²) in [5.41, 5.74) is 2.81. The second-order valence-corrected chi connectivity index (χ2v) is 3.85. The molecule has 0 aromatic heterocycles. The molecule has 1 atom stereocenters. The first-order valence-electron chi connectivity index (χ1n) is 5.45. The molecule has 0 amide bonds. The molecule has 1 aromatic rings. The minimum absolute atomic E-state index is 0.391. The van der Waals surface area contributed by atoms with E-state index in [0.717, 1.165) is 34.5 Å². The van der Waals surface area contributed by atoms with Gasteiger partial charge in [-0.2, -0.15) is 0 Å². The Morgan fingerprint density at radius 1 is 1.24 bits per heavy atom. The number of ether oxygens (including phenoxy) is 2. The Morgan fingerprint density at radius 2 is 1.88 bits per heavy atom. The van der Waals surface area contributed by atoms with Gasteiger partial charge in [-0.15, -0.1) is 0 Å². The van der Waals surface area contributed by atoms with Crippen LogP contribution in [0.3, 0.4) is 0 Å². The molecule has 0 spiro atoms. The number of carbonyl (C=O) groups excluding carboxylic acids is 1. The van der Waals surface area contributed by atoms with E-state index >= 15 is 0 Å². The zero-order valence-electron chi connectivity index (χ0n) is 11.0. The van der Waals surface area contributed by atoms with E-state index in [0.29, 0.717) is 0 Å². The second-order valence-electron chi connectivity index (χ2n) is 3.85. The Kier molecular flexibility index (Phi) is 4.52. The molecule has 0 aliphatic carbocycles. The Labute approximate surface area is 102 Å². The Morgan fingerprint density at radius 3 is 2.29 bits per heavy atom. The summed E-state index contributed by atoms with van der Waals surface area (Å²) in [6.45, 7) is 3.92. The number of hydrogen-bond donors (Lipinski definition) is 1. The van der Waals surface area contributed by atoms with Gasteiger partial charge in [-0.25, -0.2) is 0 Å². The number of carbonyl (C=O) groups is 1. The van der Waals surface area contributed by atoms with Crippen molar-refractivity contribution in [2.75, 3.05) is 21.3 Å². The van der Waals surface area contributed by atoms with Gasteiger partial charge in [0, 0.05) is 5.56 Å². The summed E-state index contributed by atoms with van der Waals surface area (Å²) < 4.78 is 10.7. The summed E-state index contributed by atoms with van der Waals surface area (Å²) >= 11 is 0. The smallest absolute Gasteiger partial charge is 0.141 e. The van der Waals surface area contributed by atoms with Crippen LogP contribution in [-0.2, 0) is 4.79 Å². The lowest BCUT2D eigenvalue weighted by atomic mass is 9.98. The lowest BCUT2D eigenvalue weighted by Gasteiger charge is -2.19. The number of nitrogens with one attached hydrogen (secondary N) is 1. The van der Waals surface area contributed by atoms with Crippen molar-refractivity contribution in [3.8, 4) is 11.5 Å². The molecule has 0 bridgehead atoms. The first-order valence-corrected chi connectivity index (χ1v) is 5.45. The molecule has 0 heterocycles. The van der Waals surface area contributed by atoms with Crippen LogP contribution in [0.25, 0.3) is 0 Å². The number of rotatable bonds is 5. The molecular weight excluding hydrogens is 218 g/mol. The molecule has 0 aliphatic rings. The largest absolute Gasteiger partial charge is 0.496 e. The Hall–Kier alpha value is -1.55. The number of methoxy groups -OCH3 is 2. The minimum atomic E-state index is -0.391. The normalized spacial score (nSPS) is 12.1. The van der Waals surface area contributed by atoms with Crippen LogP contribution in [-0.4, -0.2) is 27.6 Å². The molecule has 1 aromatic carbocycles. The molecule has 0 saturated heterocycles. The molecule has 1 unspecified atom stereocenters. The average Bonchev–Trinajstić information content (AvgIpc) is 2.35. The van der Waals surface area contributed by atoms with Crippen molar-refractivity contribution in [1.29, 1.82) is 0 Å². The van der Waals surface area contributed by atoms with Gasteiger partial charge in [-0.3, -0.25) is 0 Å². The fourth-order valence-electron chi connectivity index (χ4n) is 1.90. The van der Waals surface area contributed by atoms with Crippen LogP contribution in [0.1, 0.15) is 22.7 Å². The van der Waals surface area contributed by atoms with Gasteiger partial charge in [0.05, 0.1) is 20.3 Å². The highest BCUT2D eigenvalue weighted by atomic mass is 16.5. The second kappa shape index (κ2) is 5.68. The molecule has 94 valence electrons. The van der Waals surface area contributed by atoms with E-state index in [9.17, 15) is 4.79 Å². The van der Waals surface area contributed by atoms with Crippen molar-refractivity contribution in [2.24, 2.45) is 0 Å². The van der Waals surface area contributed by atoms with E-state index < -0.39 is 6.04 Å². The van der Waals surface area contributed by atoms with E-state index in [-0.39, 0.29) is 0 Å². The van der Waals surface area contributed by atoms with Crippen molar-refractivity contribution in [3.63, 3.8) is 0 Å². The van der Waals surface area contributed by atoms with Gasteiger partial charge < -0.3 is 19.6 Å². The fraction of sp³-hybridized carbons (Fsp3) is 0.462. The van der Waals surface area contributed by atoms with Crippen LogP contribution in [0.5, 0.6) is 11.5 Å². The van der Waals surface area contributed by atoms with Crippen molar-refractivity contribution < 1.29 is 14.3 Å². The van der Waals surface area contributed by atoms with Gasteiger partial charge in [-0.1, -0.05) is 0 Å². The summed E-state index contributed by atoms with van der Waals surface area (Å²) in [7, 11) is 4.96. The van der Waals surface area contributed by atoms with Crippen LogP contribution in [0, 0.1) is 13.8 Å². The van der Waals surface area contributed by atoms with E-state index in [4.69, 9.17) is 9.47 Å². The number of hydrogen-bond acceptors (Lipinski definition) is 4. The standard InChI is InChI=1S/C13H19NO3/c1-8-9(2)13(17-5)10(6-12(8)16-4)11(7-15)14-3/h6-7,11,14H,1-5H3. The molecule has 1 rings (SSSR count). The summed E-state index contributed by atoms with van der Waals surface area (Å²) in [5.74, 6) is 1.50. The molecule has 4 nitrogen and oxygen atoms in total. The maximum Gasteiger partial charge on any atom is 0.141 e. The molecule has 0 radical (unpaired) electrons. The van der Waals surface area contributed by atoms with Gasteiger partial charge in [0.1, 0.15) is 17.8 Å². The van der Waals surface area contributed by atoms with E-state index in [1.54, 1.807) is 21.3 Å². The van der Waals surface area contributed by atoms with Crippen LogP contribution in [0.15, 0.2) is 6.07 Å². The van der Waals surface area contributed by atoms with E-state index in [1.807, 2.05) is 19.9 Å². The van der Waals surface area contributed by atoms with Gasteiger partial charge in [0.2, 0.25) is 0 Å². The topological polar surface area (TPSA) is 47.6 Å². The van der Waals surface area contributed by atoms with E-state index in [2.05, 4.69) is 5.32 Å². The molecule has 4 heteroatoms.